The number of esters is 3. The van der Waals surface area contributed by atoms with Crippen molar-refractivity contribution in [2.75, 3.05) is 13.2 Å². The van der Waals surface area contributed by atoms with Gasteiger partial charge in [-0.25, -0.2) is 0 Å². The Morgan fingerprint density at radius 1 is 0.300 bits per heavy atom. The van der Waals surface area contributed by atoms with Gasteiger partial charge in [-0.2, -0.15) is 0 Å². The van der Waals surface area contributed by atoms with E-state index in [2.05, 4.69) is 34.6 Å². The fourth-order valence-corrected chi connectivity index (χ4v) is 9.90. The zero-order chi connectivity index (χ0) is 51.1. The molecule has 0 saturated carbocycles. The first kappa shape index (κ1) is 68.4. The number of unbranched alkanes of at least 4 members (excludes halogenated alkanes) is 42. The monoisotopic (exact) mass is 989 g/mol. The van der Waals surface area contributed by atoms with Gasteiger partial charge in [-0.05, 0) is 31.1 Å². The van der Waals surface area contributed by atoms with Crippen molar-refractivity contribution in [1.29, 1.82) is 0 Å². The fourth-order valence-electron chi connectivity index (χ4n) is 9.90. The van der Waals surface area contributed by atoms with E-state index in [9.17, 15) is 14.4 Å². The van der Waals surface area contributed by atoms with Gasteiger partial charge < -0.3 is 14.2 Å². The topological polar surface area (TPSA) is 78.9 Å². The van der Waals surface area contributed by atoms with Crippen LogP contribution in [0.3, 0.4) is 0 Å². The van der Waals surface area contributed by atoms with Crippen molar-refractivity contribution in [1.82, 2.24) is 0 Å². The lowest BCUT2D eigenvalue weighted by Gasteiger charge is -2.18. The SMILES string of the molecule is CCCCCCCCCCCCCCCCC(=O)OC[C@@H](COC(=O)CCCCCCCCCCCCCCCC(C)C)OC(=O)CCCCCCCCCCCCCCCCCCCCC(C)CC. The van der Waals surface area contributed by atoms with Crippen LogP contribution in [0, 0.1) is 11.8 Å². The van der Waals surface area contributed by atoms with E-state index in [1.807, 2.05) is 0 Å². The first-order chi connectivity index (χ1) is 34.3. The molecule has 2 atom stereocenters. The minimum absolute atomic E-state index is 0.0619. The molecule has 0 aromatic heterocycles. The summed E-state index contributed by atoms with van der Waals surface area (Å²) in [6.45, 7) is 11.5. The average Bonchev–Trinajstić information content (AvgIpc) is 3.35. The third-order valence-electron chi connectivity index (χ3n) is 15.1. The van der Waals surface area contributed by atoms with Crippen LogP contribution in [0.1, 0.15) is 362 Å². The van der Waals surface area contributed by atoms with E-state index < -0.39 is 6.10 Å². The normalized spacial score (nSPS) is 12.4. The molecule has 70 heavy (non-hydrogen) atoms. The molecule has 0 fully saturated rings. The number of carbonyl (C=O) groups is 3. The van der Waals surface area contributed by atoms with E-state index in [1.54, 1.807) is 0 Å². The molecule has 0 aliphatic rings. The Balaban J connectivity index is 4.26. The van der Waals surface area contributed by atoms with Crippen LogP contribution in [-0.2, 0) is 28.6 Å². The molecule has 0 aliphatic carbocycles. The number of hydrogen-bond acceptors (Lipinski definition) is 6. The molecule has 0 aromatic rings. The van der Waals surface area contributed by atoms with Gasteiger partial charge in [0.2, 0.25) is 0 Å². The lowest BCUT2D eigenvalue weighted by atomic mass is 9.99. The van der Waals surface area contributed by atoms with Crippen LogP contribution in [0.5, 0.6) is 0 Å². The Hall–Kier alpha value is -1.59. The third-order valence-corrected chi connectivity index (χ3v) is 15.1. The molecule has 6 heteroatoms. The Bertz CT molecular complexity index is 1070. The number of carbonyl (C=O) groups excluding carboxylic acids is 3. The predicted octanol–water partition coefficient (Wildman–Crippen LogP) is 21.2. The lowest BCUT2D eigenvalue weighted by Crippen LogP contribution is -2.30. The van der Waals surface area contributed by atoms with Crippen LogP contribution in [0.15, 0.2) is 0 Å². The van der Waals surface area contributed by atoms with E-state index in [1.165, 1.54) is 250 Å². The Morgan fingerprint density at radius 3 is 0.814 bits per heavy atom. The lowest BCUT2D eigenvalue weighted by molar-refractivity contribution is -0.167. The number of hydrogen-bond donors (Lipinski definition) is 0. The molecule has 416 valence electrons. The zero-order valence-electron chi connectivity index (χ0n) is 48.2. The van der Waals surface area contributed by atoms with Crippen LogP contribution in [0.2, 0.25) is 0 Å². The number of ether oxygens (including phenoxy) is 3. The Kier molecular flexibility index (Phi) is 55.4. The van der Waals surface area contributed by atoms with Crippen LogP contribution in [0.25, 0.3) is 0 Å². The summed E-state index contributed by atoms with van der Waals surface area (Å²) in [5.74, 6) is 0.917. The van der Waals surface area contributed by atoms with Gasteiger partial charge in [-0.15, -0.1) is 0 Å². The highest BCUT2D eigenvalue weighted by atomic mass is 16.6. The van der Waals surface area contributed by atoms with E-state index in [0.29, 0.717) is 19.3 Å². The van der Waals surface area contributed by atoms with Crippen LogP contribution in [-0.4, -0.2) is 37.2 Å². The van der Waals surface area contributed by atoms with E-state index >= 15 is 0 Å². The second-order valence-corrected chi connectivity index (χ2v) is 22.8. The van der Waals surface area contributed by atoms with Crippen LogP contribution >= 0.6 is 0 Å². The smallest absolute Gasteiger partial charge is 0.306 e. The van der Waals surface area contributed by atoms with Gasteiger partial charge in [0.1, 0.15) is 13.2 Å². The Labute approximate surface area is 438 Å². The van der Waals surface area contributed by atoms with Crippen molar-refractivity contribution in [2.45, 2.75) is 368 Å². The summed E-state index contributed by atoms with van der Waals surface area (Å²) in [6.07, 6.45) is 62.4. The molecular formula is C64H124O6. The fraction of sp³-hybridized carbons (Fsp3) is 0.953. The molecule has 1 unspecified atom stereocenters. The predicted molar refractivity (Wildman–Crippen MR) is 303 cm³/mol. The number of rotatable bonds is 58. The highest BCUT2D eigenvalue weighted by Crippen LogP contribution is 2.19. The summed E-state index contributed by atoms with van der Waals surface area (Å²) >= 11 is 0. The molecular weight excluding hydrogens is 865 g/mol. The van der Waals surface area contributed by atoms with E-state index in [0.717, 1.165) is 69.6 Å². The summed E-state index contributed by atoms with van der Waals surface area (Å²) in [4.78, 5) is 38.3. The maximum atomic E-state index is 12.9. The van der Waals surface area contributed by atoms with Crippen molar-refractivity contribution in [3.63, 3.8) is 0 Å². The molecule has 0 aromatic carbocycles. The minimum atomic E-state index is -0.763. The second kappa shape index (κ2) is 56.7. The molecule has 0 radical (unpaired) electrons. The van der Waals surface area contributed by atoms with Crippen molar-refractivity contribution >= 4 is 17.9 Å². The van der Waals surface area contributed by atoms with Gasteiger partial charge in [0.25, 0.3) is 0 Å². The van der Waals surface area contributed by atoms with Gasteiger partial charge in [0, 0.05) is 19.3 Å². The molecule has 0 bridgehead atoms. The maximum absolute atomic E-state index is 12.9. The van der Waals surface area contributed by atoms with E-state index in [-0.39, 0.29) is 31.1 Å². The molecule has 0 heterocycles. The highest BCUT2D eigenvalue weighted by Gasteiger charge is 2.19. The molecule has 0 N–H and O–H groups in total. The summed E-state index contributed by atoms with van der Waals surface area (Å²) in [5.41, 5.74) is 0. The highest BCUT2D eigenvalue weighted by molar-refractivity contribution is 5.71. The van der Waals surface area contributed by atoms with Gasteiger partial charge in [0.05, 0.1) is 0 Å². The van der Waals surface area contributed by atoms with Crippen LogP contribution < -0.4 is 0 Å². The zero-order valence-corrected chi connectivity index (χ0v) is 48.2. The maximum Gasteiger partial charge on any atom is 0.306 e. The van der Waals surface area contributed by atoms with Crippen molar-refractivity contribution in [3.05, 3.63) is 0 Å². The van der Waals surface area contributed by atoms with Gasteiger partial charge in [0.15, 0.2) is 6.10 Å². The first-order valence-corrected chi connectivity index (χ1v) is 31.8. The van der Waals surface area contributed by atoms with E-state index in [4.69, 9.17) is 14.2 Å². The summed E-state index contributed by atoms with van der Waals surface area (Å²) < 4.78 is 16.9. The molecule has 0 saturated heterocycles. The average molecular weight is 990 g/mol. The van der Waals surface area contributed by atoms with Gasteiger partial charge in [-0.1, -0.05) is 324 Å². The molecule has 0 spiro atoms. The van der Waals surface area contributed by atoms with Gasteiger partial charge in [-0.3, -0.25) is 14.4 Å². The standard InChI is InChI=1S/C64H124O6/c1-6-8-9-10-11-12-13-14-24-29-34-39-44-49-54-62(65)68-57-61(58-69-63(66)55-50-45-40-35-30-26-21-22-27-32-37-42-47-52-59(3)4)70-64(67)56-51-46-41-36-31-25-20-18-16-15-17-19-23-28-33-38-43-48-53-60(5)7-2/h59-61H,6-58H2,1-5H3/t60?,61-/m0/s1. The first-order valence-electron chi connectivity index (χ1n) is 31.8. The van der Waals surface area contributed by atoms with Crippen molar-refractivity contribution in [2.24, 2.45) is 11.8 Å². The third kappa shape index (κ3) is 55.7. The Morgan fingerprint density at radius 2 is 0.543 bits per heavy atom. The minimum Gasteiger partial charge on any atom is -0.462 e. The summed E-state index contributed by atoms with van der Waals surface area (Å²) in [6, 6.07) is 0. The summed E-state index contributed by atoms with van der Waals surface area (Å²) in [5, 5.41) is 0. The largest absolute Gasteiger partial charge is 0.462 e. The van der Waals surface area contributed by atoms with Crippen molar-refractivity contribution < 1.29 is 28.6 Å². The van der Waals surface area contributed by atoms with Crippen molar-refractivity contribution in [3.8, 4) is 0 Å². The quantitative estimate of drug-likeness (QED) is 0.0343. The second-order valence-electron chi connectivity index (χ2n) is 22.8. The molecule has 6 nitrogen and oxygen atoms in total. The summed E-state index contributed by atoms with van der Waals surface area (Å²) in [7, 11) is 0. The van der Waals surface area contributed by atoms with Crippen LogP contribution in [0.4, 0.5) is 0 Å². The molecule has 0 rings (SSSR count). The molecule has 0 amide bonds. The van der Waals surface area contributed by atoms with Gasteiger partial charge >= 0.3 is 17.9 Å². The molecule has 0 aliphatic heterocycles.